The monoisotopic (exact) mass is 323 g/mol. The molecule has 1 unspecified atom stereocenters. The van der Waals surface area contributed by atoms with Crippen LogP contribution in [0.5, 0.6) is 11.5 Å². The van der Waals surface area contributed by atoms with E-state index in [0.29, 0.717) is 0 Å². The zero-order chi connectivity index (χ0) is 13.9. The van der Waals surface area contributed by atoms with Gasteiger partial charge in [0.2, 0.25) is 0 Å². The fraction of sp³-hybridized carbons (Fsp3) is 0.533. The summed E-state index contributed by atoms with van der Waals surface area (Å²) in [6.45, 7) is 0. The standard InChI is InChI=1S/C15H18BrNO2/c1-18-13-5-4-12-11(14(13)19-2)6-8-15(12,10-17)7-3-9-16/h4-5H,3,6-9H2,1-2H3. The number of nitriles is 1. The Hall–Kier alpha value is -1.21. The highest BCUT2D eigenvalue weighted by Crippen LogP contribution is 2.48. The third-order valence-corrected chi connectivity index (χ3v) is 4.48. The van der Waals surface area contributed by atoms with Crippen molar-refractivity contribution in [3.63, 3.8) is 0 Å². The van der Waals surface area contributed by atoms with E-state index in [-0.39, 0.29) is 5.41 Å². The largest absolute Gasteiger partial charge is 0.493 e. The maximum absolute atomic E-state index is 9.64. The third-order valence-electron chi connectivity index (χ3n) is 3.92. The van der Waals surface area contributed by atoms with Crippen LogP contribution in [0.1, 0.15) is 30.4 Å². The Kier molecular flexibility index (Phi) is 4.36. The number of nitrogens with zero attached hydrogens (tertiary/aromatic N) is 1. The quantitative estimate of drug-likeness (QED) is 0.778. The van der Waals surface area contributed by atoms with Crippen LogP contribution in [-0.4, -0.2) is 19.5 Å². The van der Waals surface area contributed by atoms with E-state index in [0.717, 1.165) is 53.6 Å². The second-order valence-corrected chi connectivity index (χ2v) is 5.61. The van der Waals surface area contributed by atoms with E-state index in [2.05, 4.69) is 22.0 Å². The van der Waals surface area contributed by atoms with E-state index in [9.17, 15) is 5.26 Å². The molecule has 4 heteroatoms. The topological polar surface area (TPSA) is 42.2 Å². The van der Waals surface area contributed by atoms with Crippen LogP contribution in [0.15, 0.2) is 12.1 Å². The van der Waals surface area contributed by atoms with E-state index in [4.69, 9.17) is 9.47 Å². The first-order valence-corrected chi connectivity index (χ1v) is 7.56. The van der Waals surface area contributed by atoms with Crippen LogP contribution in [-0.2, 0) is 11.8 Å². The van der Waals surface area contributed by atoms with Crippen LogP contribution in [0.2, 0.25) is 0 Å². The second kappa shape index (κ2) is 5.83. The van der Waals surface area contributed by atoms with Crippen LogP contribution in [0.3, 0.4) is 0 Å². The summed E-state index contributed by atoms with van der Waals surface area (Å²) in [4.78, 5) is 0. The lowest BCUT2D eigenvalue weighted by molar-refractivity contribution is 0.352. The summed E-state index contributed by atoms with van der Waals surface area (Å²) in [5, 5.41) is 10.6. The molecule has 1 aromatic rings. The van der Waals surface area contributed by atoms with Gasteiger partial charge in [0.25, 0.3) is 0 Å². The summed E-state index contributed by atoms with van der Waals surface area (Å²) in [6.07, 6.45) is 3.64. The van der Waals surface area contributed by atoms with Crippen molar-refractivity contribution in [2.75, 3.05) is 19.5 Å². The van der Waals surface area contributed by atoms with E-state index in [1.165, 1.54) is 0 Å². The van der Waals surface area contributed by atoms with Gasteiger partial charge in [0.1, 0.15) is 0 Å². The van der Waals surface area contributed by atoms with Crippen molar-refractivity contribution in [3.05, 3.63) is 23.3 Å². The molecule has 2 rings (SSSR count). The SMILES string of the molecule is COc1ccc2c(c1OC)CCC2(C#N)CCCBr. The van der Waals surface area contributed by atoms with Gasteiger partial charge in [-0.25, -0.2) is 0 Å². The van der Waals surface area contributed by atoms with Crippen molar-refractivity contribution in [1.82, 2.24) is 0 Å². The fourth-order valence-electron chi connectivity index (χ4n) is 2.96. The number of methoxy groups -OCH3 is 2. The summed E-state index contributed by atoms with van der Waals surface area (Å²) < 4.78 is 10.8. The summed E-state index contributed by atoms with van der Waals surface area (Å²) in [5.41, 5.74) is 1.90. The first-order valence-electron chi connectivity index (χ1n) is 6.44. The van der Waals surface area contributed by atoms with Gasteiger partial charge in [0, 0.05) is 10.9 Å². The molecular formula is C15H18BrNO2. The number of fused-ring (bicyclic) bond motifs is 1. The molecule has 0 bridgehead atoms. The predicted molar refractivity (Wildman–Crippen MR) is 78.2 cm³/mol. The van der Waals surface area contributed by atoms with Gasteiger partial charge >= 0.3 is 0 Å². The first kappa shape index (κ1) is 14.2. The smallest absolute Gasteiger partial charge is 0.164 e. The Morgan fingerprint density at radius 1 is 1.37 bits per heavy atom. The van der Waals surface area contributed by atoms with Crippen LogP contribution < -0.4 is 9.47 Å². The van der Waals surface area contributed by atoms with Crippen molar-refractivity contribution < 1.29 is 9.47 Å². The van der Waals surface area contributed by atoms with Gasteiger partial charge < -0.3 is 9.47 Å². The molecule has 1 atom stereocenters. The van der Waals surface area contributed by atoms with Crippen molar-refractivity contribution in [2.45, 2.75) is 31.1 Å². The summed E-state index contributed by atoms with van der Waals surface area (Å²) in [6, 6.07) is 6.47. The number of hydrogen-bond acceptors (Lipinski definition) is 3. The molecule has 0 spiro atoms. The number of alkyl halides is 1. The van der Waals surface area contributed by atoms with E-state index >= 15 is 0 Å². The predicted octanol–water partition coefficient (Wildman–Crippen LogP) is 3.59. The van der Waals surface area contributed by atoms with Crippen molar-refractivity contribution >= 4 is 15.9 Å². The van der Waals surface area contributed by atoms with Gasteiger partial charge in [-0.1, -0.05) is 22.0 Å². The summed E-state index contributed by atoms with van der Waals surface area (Å²) in [5.74, 6) is 1.53. The lowest BCUT2D eigenvalue weighted by Crippen LogP contribution is -2.20. The van der Waals surface area contributed by atoms with Gasteiger partial charge in [-0.2, -0.15) is 5.26 Å². The Balaban J connectivity index is 2.48. The number of hydrogen-bond donors (Lipinski definition) is 0. The van der Waals surface area contributed by atoms with Gasteiger partial charge in [-0.15, -0.1) is 0 Å². The highest BCUT2D eigenvalue weighted by Gasteiger charge is 2.40. The maximum Gasteiger partial charge on any atom is 0.164 e. The van der Waals surface area contributed by atoms with Gasteiger partial charge in [0.05, 0.1) is 25.7 Å². The van der Waals surface area contributed by atoms with E-state index in [1.54, 1.807) is 14.2 Å². The zero-order valence-corrected chi connectivity index (χ0v) is 12.9. The Labute approximate surface area is 122 Å². The fourth-order valence-corrected chi connectivity index (χ4v) is 3.24. The minimum atomic E-state index is -0.358. The lowest BCUT2D eigenvalue weighted by atomic mass is 9.79. The molecule has 0 saturated heterocycles. The highest BCUT2D eigenvalue weighted by molar-refractivity contribution is 9.09. The van der Waals surface area contributed by atoms with E-state index in [1.807, 2.05) is 12.1 Å². The average Bonchev–Trinajstić information content (AvgIpc) is 2.83. The minimum absolute atomic E-state index is 0.358. The molecule has 1 aromatic carbocycles. The molecule has 0 heterocycles. The number of halogens is 1. The minimum Gasteiger partial charge on any atom is -0.493 e. The molecule has 0 radical (unpaired) electrons. The van der Waals surface area contributed by atoms with Crippen molar-refractivity contribution in [3.8, 4) is 17.6 Å². The van der Waals surface area contributed by atoms with Crippen LogP contribution in [0, 0.1) is 11.3 Å². The van der Waals surface area contributed by atoms with Gasteiger partial charge in [0.15, 0.2) is 11.5 Å². The normalized spacial score (nSPS) is 20.7. The van der Waals surface area contributed by atoms with Crippen LogP contribution in [0.4, 0.5) is 0 Å². The molecule has 3 nitrogen and oxygen atoms in total. The highest BCUT2D eigenvalue weighted by atomic mass is 79.9. The second-order valence-electron chi connectivity index (χ2n) is 4.81. The maximum atomic E-state index is 9.64. The Bertz CT molecular complexity index is 510. The average molecular weight is 324 g/mol. The molecule has 1 aliphatic carbocycles. The molecule has 0 aliphatic heterocycles. The molecule has 1 aliphatic rings. The molecule has 19 heavy (non-hydrogen) atoms. The molecule has 0 fully saturated rings. The van der Waals surface area contributed by atoms with E-state index < -0.39 is 0 Å². The number of ether oxygens (including phenoxy) is 2. The van der Waals surface area contributed by atoms with Crippen molar-refractivity contribution in [1.29, 1.82) is 5.26 Å². The lowest BCUT2D eigenvalue weighted by Gasteiger charge is -2.22. The first-order chi connectivity index (χ1) is 9.22. The number of benzene rings is 1. The molecule has 102 valence electrons. The van der Waals surface area contributed by atoms with Gasteiger partial charge in [-0.3, -0.25) is 0 Å². The Morgan fingerprint density at radius 3 is 2.74 bits per heavy atom. The molecule has 0 saturated carbocycles. The summed E-state index contributed by atoms with van der Waals surface area (Å²) >= 11 is 3.45. The van der Waals surface area contributed by atoms with Crippen LogP contribution >= 0.6 is 15.9 Å². The van der Waals surface area contributed by atoms with Crippen molar-refractivity contribution in [2.24, 2.45) is 0 Å². The number of rotatable bonds is 5. The molecule has 0 amide bonds. The molecule has 0 N–H and O–H groups in total. The summed E-state index contributed by atoms with van der Waals surface area (Å²) in [7, 11) is 3.30. The van der Waals surface area contributed by atoms with Crippen LogP contribution in [0.25, 0.3) is 0 Å². The zero-order valence-electron chi connectivity index (χ0n) is 11.3. The molecular weight excluding hydrogens is 306 g/mol. The third kappa shape index (κ3) is 2.32. The molecule has 0 aromatic heterocycles. The van der Waals surface area contributed by atoms with Gasteiger partial charge in [-0.05, 0) is 37.3 Å². The Morgan fingerprint density at radius 2 is 2.16 bits per heavy atom.